The van der Waals surface area contributed by atoms with Crippen LogP contribution in [0.1, 0.15) is 16.2 Å². The average molecular weight is 268 g/mol. The zero-order chi connectivity index (χ0) is 14.1. The summed E-state index contributed by atoms with van der Waals surface area (Å²) in [5.41, 5.74) is 2.95. The van der Waals surface area contributed by atoms with Gasteiger partial charge in [0.05, 0.1) is 12.8 Å². The van der Waals surface area contributed by atoms with Gasteiger partial charge in [0.25, 0.3) is 11.6 Å². The maximum absolute atomic E-state index is 11.5. The van der Waals surface area contributed by atoms with E-state index in [1.165, 1.54) is 7.11 Å². The molecule has 0 unspecified atom stereocenters. The molecule has 2 heterocycles. The van der Waals surface area contributed by atoms with Crippen LogP contribution in [-0.4, -0.2) is 32.7 Å². The summed E-state index contributed by atoms with van der Waals surface area (Å²) in [5, 5.41) is 4.16. The predicted octanol–water partition coefficient (Wildman–Crippen LogP) is 1.89. The SMILES string of the molecule is COC(=O)c1nc2nccc(-c3cccc(C)c3)n2n1. The van der Waals surface area contributed by atoms with Gasteiger partial charge in [0.2, 0.25) is 0 Å². The van der Waals surface area contributed by atoms with Crippen molar-refractivity contribution in [3.63, 3.8) is 0 Å². The third-order valence-corrected chi connectivity index (χ3v) is 2.92. The number of hydrogen-bond acceptors (Lipinski definition) is 5. The Balaban J connectivity index is 2.21. The fraction of sp³-hybridized carbons (Fsp3) is 0.143. The first-order valence-corrected chi connectivity index (χ1v) is 6.06. The quantitative estimate of drug-likeness (QED) is 0.664. The molecule has 0 saturated carbocycles. The number of carbonyl (C=O) groups excluding carboxylic acids is 1. The third-order valence-electron chi connectivity index (χ3n) is 2.92. The molecule has 0 saturated heterocycles. The van der Waals surface area contributed by atoms with E-state index in [2.05, 4.69) is 19.8 Å². The molecule has 6 heteroatoms. The second-order valence-corrected chi connectivity index (χ2v) is 4.34. The van der Waals surface area contributed by atoms with Gasteiger partial charge in [-0.25, -0.2) is 9.78 Å². The fourth-order valence-electron chi connectivity index (χ4n) is 1.99. The summed E-state index contributed by atoms with van der Waals surface area (Å²) in [6.07, 6.45) is 1.64. The number of nitrogens with zero attached hydrogens (tertiary/aromatic N) is 4. The highest BCUT2D eigenvalue weighted by molar-refractivity contribution is 5.85. The van der Waals surface area contributed by atoms with Gasteiger partial charge in [-0.1, -0.05) is 23.8 Å². The predicted molar refractivity (Wildman–Crippen MR) is 72.3 cm³/mol. The summed E-state index contributed by atoms with van der Waals surface area (Å²) in [5.74, 6) is -0.213. The second-order valence-electron chi connectivity index (χ2n) is 4.34. The van der Waals surface area contributed by atoms with Crippen molar-refractivity contribution in [1.82, 2.24) is 19.6 Å². The Kier molecular flexibility index (Phi) is 2.90. The summed E-state index contributed by atoms with van der Waals surface area (Å²) in [7, 11) is 1.29. The Morgan fingerprint density at radius 1 is 1.30 bits per heavy atom. The summed E-state index contributed by atoms with van der Waals surface area (Å²) in [6, 6.07) is 9.82. The molecule has 0 atom stereocenters. The standard InChI is InChI=1S/C14H12N4O2/c1-9-4-3-5-10(8-9)11-6-7-15-14-16-12(13(19)20-2)17-18(11)14/h3-8H,1-2H3. The largest absolute Gasteiger partial charge is 0.463 e. The van der Waals surface area contributed by atoms with Gasteiger partial charge in [-0.3, -0.25) is 0 Å². The molecule has 2 aromatic heterocycles. The first kappa shape index (κ1) is 12.3. The number of aryl methyl sites for hydroxylation is 1. The molecular weight excluding hydrogens is 256 g/mol. The van der Waals surface area contributed by atoms with Crippen molar-refractivity contribution < 1.29 is 9.53 Å². The van der Waals surface area contributed by atoms with Crippen LogP contribution in [0.4, 0.5) is 0 Å². The van der Waals surface area contributed by atoms with Crippen LogP contribution in [0.5, 0.6) is 0 Å². The Morgan fingerprint density at radius 2 is 2.15 bits per heavy atom. The summed E-state index contributed by atoms with van der Waals surface area (Å²) in [4.78, 5) is 19.7. The van der Waals surface area contributed by atoms with Crippen molar-refractivity contribution in [2.45, 2.75) is 6.92 Å². The van der Waals surface area contributed by atoms with Crippen LogP contribution >= 0.6 is 0 Å². The lowest BCUT2D eigenvalue weighted by Crippen LogP contribution is -2.04. The van der Waals surface area contributed by atoms with Crippen LogP contribution in [0.3, 0.4) is 0 Å². The molecule has 0 N–H and O–H groups in total. The highest BCUT2D eigenvalue weighted by atomic mass is 16.5. The van der Waals surface area contributed by atoms with Gasteiger partial charge in [0.15, 0.2) is 0 Å². The summed E-state index contributed by atoms with van der Waals surface area (Å²) >= 11 is 0. The summed E-state index contributed by atoms with van der Waals surface area (Å²) < 4.78 is 6.17. The number of aromatic nitrogens is 4. The first-order chi connectivity index (χ1) is 9.69. The Morgan fingerprint density at radius 3 is 2.90 bits per heavy atom. The van der Waals surface area contributed by atoms with Crippen LogP contribution in [0, 0.1) is 6.92 Å². The number of carbonyl (C=O) groups is 1. The number of benzene rings is 1. The van der Waals surface area contributed by atoms with E-state index in [1.54, 1.807) is 10.7 Å². The molecule has 0 spiro atoms. The molecule has 3 rings (SSSR count). The van der Waals surface area contributed by atoms with Crippen LogP contribution in [0.25, 0.3) is 17.0 Å². The molecule has 0 bridgehead atoms. The monoisotopic (exact) mass is 268 g/mol. The smallest absolute Gasteiger partial charge is 0.378 e. The van der Waals surface area contributed by atoms with Crippen LogP contribution < -0.4 is 0 Å². The van der Waals surface area contributed by atoms with Crippen molar-refractivity contribution in [3.8, 4) is 11.3 Å². The normalized spacial score (nSPS) is 10.7. The van der Waals surface area contributed by atoms with E-state index in [0.29, 0.717) is 5.78 Å². The molecule has 20 heavy (non-hydrogen) atoms. The second kappa shape index (κ2) is 4.73. The Labute approximate surface area is 115 Å². The highest BCUT2D eigenvalue weighted by Gasteiger charge is 2.15. The molecule has 3 aromatic rings. The van der Waals surface area contributed by atoms with Gasteiger partial charge in [-0.05, 0) is 19.1 Å². The van der Waals surface area contributed by atoms with Crippen LogP contribution in [-0.2, 0) is 4.74 Å². The summed E-state index contributed by atoms with van der Waals surface area (Å²) in [6.45, 7) is 2.02. The van der Waals surface area contributed by atoms with Gasteiger partial charge in [-0.2, -0.15) is 9.50 Å². The van der Waals surface area contributed by atoms with Gasteiger partial charge in [0.1, 0.15) is 0 Å². The molecule has 0 aliphatic carbocycles. The third kappa shape index (κ3) is 2.01. The molecule has 100 valence electrons. The number of esters is 1. The van der Waals surface area contributed by atoms with Crippen LogP contribution in [0.15, 0.2) is 36.5 Å². The fourth-order valence-corrected chi connectivity index (χ4v) is 1.99. The zero-order valence-corrected chi connectivity index (χ0v) is 11.1. The zero-order valence-electron chi connectivity index (χ0n) is 11.1. The number of fused-ring (bicyclic) bond motifs is 1. The molecule has 0 radical (unpaired) electrons. The minimum atomic E-state index is -0.578. The molecule has 1 aromatic carbocycles. The maximum Gasteiger partial charge on any atom is 0.378 e. The van der Waals surface area contributed by atoms with E-state index in [0.717, 1.165) is 16.8 Å². The Hall–Kier alpha value is -2.76. The highest BCUT2D eigenvalue weighted by Crippen LogP contribution is 2.20. The maximum atomic E-state index is 11.5. The molecule has 0 aliphatic rings. The van der Waals surface area contributed by atoms with E-state index >= 15 is 0 Å². The van der Waals surface area contributed by atoms with E-state index in [9.17, 15) is 4.79 Å². The van der Waals surface area contributed by atoms with Crippen molar-refractivity contribution in [1.29, 1.82) is 0 Å². The molecule has 0 amide bonds. The van der Waals surface area contributed by atoms with Gasteiger partial charge in [-0.15, -0.1) is 5.10 Å². The van der Waals surface area contributed by atoms with Crippen molar-refractivity contribution in [3.05, 3.63) is 47.9 Å². The van der Waals surface area contributed by atoms with Crippen molar-refractivity contribution >= 4 is 11.7 Å². The number of hydrogen-bond donors (Lipinski definition) is 0. The topological polar surface area (TPSA) is 69.4 Å². The number of methoxy groups -OCH3 is 1. The minimum Gasteiger partial charge on any atom is -0.463 e. The number of rotatable bonds is 2. The average Bonchev–Trinajstić information content (AvgIpc) is 2.90. The molecule has 0 aliphatic heterocycles. The van der Waals surface area contributed by atoms with Crippen LogP contribution in [0.2, 0.25) is 0 Å². The van der Waals surface area contributed by atoms with Gasteiger partial charge in [0, 0.05) is 11.8 Å². The lowest BCUT2D eigenvalue weighted by molar-refractivity contribution is 0.0587. The van der Waals surface area contributed by atoms with Gasteiger partial charge >= 0.3 is 5.97 Å². The lowest BCUT2D eigenvalue weighted by atomic mass is 10.1. The minimum absolute atomic E-state index is 0.0000954. The van der Waals surface area contributed by atoms with Crippen molar-refractivity contribution in [2.75, 3.05) is 7.11 Å². The Bertz CT molecular complexity index is 795. The van der Waals surface area contributed by atoms with E-state index < -0.39 is 5.97 Å². The van der Waals surface area contributed by atoms with Gasteiger partial charge < -0.3 is 4.74 Å². The lowest BCUT2D eigenvalue weighted by Gasteiger charge is -2.04. The van der Waals surface area contributed by atoms with Crippen molar-refractivity contribution in [2.24, 2.45) is 0 Å². The molecule has 6 nitrogen and oxygen atoms in total. The molecular formula is C14H12N4O2. The van der Waals surface area contributed by atoms with E-state index in [1.807, 2.05) is 37.3 Å². The van der Waals surface area contributed by atoms with E-state index in [-0.39, 0.29) is 5.82 Å². The molecule has 0 fully saturated rings. The first-order valence-electron chi connectivity index (χ1n) is 6.06. The number of ether oxygens (including phenoxy) is 1. The van der Waals surface area contributed by atoms with E-state index in [4.69, 9.17) is 0 Å².